The van der Waals surface area contributed by atoms with Gasteiger partial charge in [0.1, 0.15) is 16.7 Å². The van der Waals surface area contributed by atoms with Crippen LogP contribution in [-0.4, -0.2) is 36.8 Å². The Hall–Kier alpha value is -2.80. The predicted molar refractivity (Wildman–Crippen MR) is 109 cm³/mol. The summed E-state index contributed by atoms with van der Waals surface area (Å²) < 4.78 is 9.63. The van der Waals surface area contributed by atoms with E-state index in [9.17, 15) is 4.79 Å². The lowest BCUT2D eigenvalue weighted by molar-refractivity contribution is 0.0987. The number of benzene rings is 1. The van der Waals surface area contributed by atoms with E-state index in [2.05, 4.69) is 6.92 Å². The largest absolute Gasteiger partial charge is 0.376 e. The molecule has 4 aromatic rings. The Balaban J connectivity index is 1.88. The fraction of sp³-hybridized carbons (Fsp3) is 0.429. The number of hydrogen-bond donors (Lipinski definition) is 0. The summed E-state index contributed by atoms with van der Waals surface area (Å²) >= 11 is 0. The Morgan fingerprint density at radius 3 is 2.61 bits per heavy atom. The molecule has 5 rings (SSSR count). The predicted octanol–water partition coefficient (Wildman–Crippen LogP) is 3.19. The van der Waals surface area contributed by atoms with Gasteiger partial charge in [-0.15, -0.1) is 0 Å². The van der Waals surface area contributed by atoms with Gasteiger partial charge in [-0.2, -0.15) is 0 Å². The van der Waals surface area contributed by atoms with Crippen molar-refractivity contribution in [3.63, 3.8) is 0 Å². The van der Waals surface area contributed by atoms with Crippen molar-refractivity contribution in [3.8, 4) is 0 Å². The van der Waals surface area contributed by atoms with Crippen LogP contribution in [0.5, 0.6) is 0 Å². The molecule has 1 fully saturated rings. The van der Waals surface area contributed by atoms with Crippen LogP contribution in [0.25, 0.3) is 33.2 Å². The molecule has 0 unspecified atom stereocenters. The Labute approximate surface area is 162 Å². The van der Waals surface area contributed by atoms with Gasteiger partial charge in [-0.3, -0.25) is 9.36 Å². The molecular formula is C21H23N5O2. The van der Waals surface area contributed by atoms with E-state index in [1.54, 1.807) is 4.57 Å². The third kappa shape index (κ3) is 2.61. The van der Waals surface area contributed by atoms with Crippen LogP contribution in [0, 0.1) is 6.92 Å². The molecule has 0 bridgehead atoms. The van der Waals surface area contributed by atoms with Gasteiger partial charge in [0, 0.05) is 13.2 Å². The summed E-state index contributed by atoms with van der Waals surface area (Å²) in [5.74, 6) is 0.723. The minimum absolute atomic E-state index is 0.0370. The second-order valence-corrected chi connectivity index (χ2v) is 7.44. The first kappa shape index (κ1) is 17.3. The normalized spacial score (nSPS) is 17.3. The Morgan fingerprint density at radius 1 is 1.11 bits per heavy atom. The molecular weight excluding hydrogens is 354 g/mol. The summed E-state index contributed by atoms with van der Waals surface area (Å²) in [5.41, 5.74) is 3.57. The van der Waals surface area contributed by atoms with E-state index in [-0.39, 0.29) is 11.7 Å². The summed E-state index contributed by atoms with van der Waals surface area (Å²) in [4.78, 5) is 27.8. The van der Waals surface area contributed by atoms with Gasteiger partial charge >= 0.3 is 0 Å². The molecule has 1 aliphatic rings. The van der Waals surface area contributed by atoms with Crippen molar-refractivity contribution < 1.29 is 4.74 Å². The molecule has 0 saturated carbocycles. The van der Waals surface area contributed by atoms with E-state index in [1.165, 1.54) is 0 Å². The van der Waals surface area contributed by atoms with Crippen molar-refractivity contribution in [1.82, 2.24) is 24.1 Å². The average Bonchev–Trinajstić information content (AvgIpc) is 3.31. The number of hydrogen-bond acceptors (Lipinski definition) is 5. The van der Waals surface area contributed by atoms with Crippen molar-refractivity contribution in [2.24, 2.45) is 0 Å². The van der Waals surface area contributed by atoms with Gasteiger partial charge in [0.05, 0.1) is 23.7 Å². The van der Waals surface area contributed by atoms with Crippen molar-refractivity contribution in [1.29, 1.82) is 0 Å². The van der Waals surface area contributed by atoms with Gasteiger partial charge in [-0.25, -0.2) is 15.0 Å². The molecule has 0 spiro atoms. The van der Waals surface area contributed by atoms with E-state index in [4.69, 9.17) is 19.7 Å². The van der Waals surface area contributed by atoms with Crippen LogP contribution in [0.15, 0.2) is 29.1 Å². The first-order valence-electron chi connectivity index (χ1n) is 9.95. The standard InChI is InChI=1S/C21H23N5O2/c1-3-10-25-13(2)22-19-17(21(25)27)18-20(26(19)12-14-7-6-11-28-14)24-16-9-5-4-8-15(16)23-18/h4-5,8-9,14H,3,6-7,10-12H2,1-2H3/t14-/m0/s1. The minimum atomic E-state index is -0.0370. The molecule has 0 radical (unpaired) electrons. The maximum absolute atomic E-state index is 13.4. The second kappa shape index (κ2) is 6.67. The number of para-hydroxylation sites is 2. The zero-order valence-corrected chi connectivity index (χ0v) is 16.2. The van der Waals surface area contributed by atoms with E-state index in [1.807, 2.05) is 35.8 Å². The van der Waals surface area contributed by atoms with Crippen molar-refractivity contribution >= 4 is 33.2 Å². The topological polar surface area (TPSA) is 74.8 Å². The summed E-state index contributed by atoms with van der Waals surface area (Å²) in [6, 6.07) is 7.76. The average molecular weight is 377 g/mol. The first-order chi connectivity index (χ1) is 13.7. The second-order valence-electron chi connectivity index (χ2n) is 7.44. The molecule has 7 heteroatoms. The third-order valence-corrected chi connectivity index (χ3v) is 5.50. The SMILES string of the molecule is CCCn1c(C)nc2c(c1=O)c1nc3ccccc3nc1n2C[C@@H]1CCCO1. The molecule has 4 heterocycles. The molecule has 1 aliphatic heterocycles. The van der Waals surface area contributed by atoms with E-state index >= 15 is 0 Å². The van der Waals surface area contributed by atoms with E-state index in [0.29, 0.717) is 35.3 Å². The van der Waals surface area contributed by atoms with Gasteiger partial charge in [-0.05, 0) is 38.3 Å². The van der Waals surface area contributed by atoms with Crippen LogP contribution in [0.2, 0.25) is 0 Å². The highest BCUT2D eigenvalue weighted by Gasteiger charge is 2.24. The van der Waals surface area contributed by atoms with Crippen LogP contribution < -0.4 is 5.56 Å². The Morgan fingerprint density at radius 2 is 1.89 bits per heavy atom. The quantitative estimate of drug-likeness (QED) is 0.546. The maximum Gasteiger partial charge on any atom is 0.265 e. The van der Waals surface area contributed by atoms with Gasteiger partial charge in [0.2, 0.25) is 0 Å². The summed E-state index contributed by atoms with van der Waals surface area (Å²) in [7, 11) is 0. The lowest BCUT2D eigenvalue weighted by Crippen LogP contribution is -2.24. The smallest absolute Gasteiger partial charge is 0.265 e. The molecule has 1 saturated heterocycles. The van der Waals surface area contributed by atoms with Crippen molar-refractivity contribution in [3.05, 3.63) is 40.4 Å². The van der Waals surface area contributed by atoms with Gasteiger partial charge in [0.15, 0.2) is 11.3 Å². The zero-order chi connectivity index (χ0) is 19.3. The van der Waals surface area contributed by atoms with Crippen LogP contribution in [0.4, 0.5) is 0 Å². The van der Waals surface area contributed by atoms with Gasteiger partial charge in [-0.1, -0.05) is 19.1 Å². The number of fused-ring (bicyclic) bond motifs is 4. The number of aromatic nitrogens is 5. The lowest BCUT2D eigenvalue weighted by Gasteiger charge is -2.13. The summed E-state index contributed by atoms with van der Waals surface area (Å²) in [5, 5.41) is 0.560. The number of rotatable bonds is 4. The first-order valence-corrected chi connectivity index (χ1v) is 9.95. The summed E-state index contributed by atoms with van der Waals surface area (Å²) in [6.45, 7) is 6.02. The Bertz CT molecular complexity index is 1250. The lowest BCUT2D eigenvalue weighted by atomic mass is 10.2. The number of ether oxygens (including phenoxy) is 1. The highest BCUT2D eigenvalue weighted by molar-refractivity contribution is 6.04. The van der Waals surface area contributed by atoms with Crippen LogP contribution in [0.3, 0.4) is 0 Å². The van der Waals surface area contributed by atoms with E-state index in [0.717, 1.165) is 42.7 Å². The van der Waals surface area contributed by atoms with Gasteiger partial charge in [0.25, 0.3) is 5.56 Å². The third-order valence-electron chi connectivity index (χ3n) is 5.50. The minimum Gasteiger partial charge on any atom is -0.376 e. The van der Waals surface area contributed by atoms with Crippen LogP contribution >= 0.6 is 0 Å². The molecule has 0 N–H and O–H groups in total. The molecule has 7 nitrogen and oxygen atoms in total. The van der Waals surface area contributed by atoms with Crippen LogP contribution in [0.1, 0.15) is 32.0 Å². The molecule has 144 valence electrons. The summed E-state index contributed by atoms with van der Waals surface area (Å²) in [6.07, 6.45) is 3.06. The van der Waals surface area contributed by atoms with Crippen molar-refractivity contribution in [2.45, 2.75) is 52.3 Å². The van der Waals surface area contributed by atoms with Gasteiger partial charge < -0.3 is 9.30 Å². The molecule has 3 aromatic heterocycles. The highest BCUT2D eigenvalue weighted by Crippen LogP contribution is 2.27. The highest BCUT2D eigenvalue weighted by atomic mass is 16.5. The van der Waals surface area contributed by atoms with Crippen molar-refractivity contribution in [2.75, 3.05) is 6.61 Å². The monoisotopic (exact) mass is 377 g/mol. The Kier molecular flexibility index (Phi) is 4.12. The molecule has 0 amide bonds. The molecule has 28 heavy (non-hydrogen) atoms. The molecule has 1 atom stereocenters. The number of aryl methyl sites for hydroxylation is 1. The number of nitrogens with zero attached hydrogens (tertiary/aromatic N) is 5. The molecule has 1 aromatic carbocycles. The fourth-order valence-electron chi connectivity index (χ4n) is 4.15. The van der Waals surface area contributed by atoms with Crippen LogP contribution in [-0.2, 0) is 17.8 Å². The van der Waals surface area contributed by atoms with E-state index < -0.39 is 0 Å². The maximum atomic E-state index is 13.4. The fourth-order valence-corrected chi connectivity index (χ4v) is 4.15. The molecule has 0 aliphatic carbocycles. The zero-order valence-electron chi connectivity index (χ0n) is 16.2.